The van der Waals surface area contributed by atoms with Crippen molar-refractivity contribution in [2.45, 2.75) is 32.2 Å². The summed E-state index contributed by atoms with van der Waals surface area (Å²) in [5.74, 6) is 1.50. The summed E-state index contributed by atoms with van der Waals surface area (Å²) in [6.45, 7) is 2.26. The molecule has 1 aromatic heterocycles. The summed E-state index contributed by atoms with van der Waals surface area (Å²) in [6.07, 6.45) is 5.05. The molecule has 2 atom stereocenters. The van der Waals surface area contributed by atoms with Gasteiger partial charge < -0.3 is 10.3 Å². The van der Waals surface area contributed by atoms with Gasteiger partial charge in [-0.15, -0.1) is 0 Å². The minimum Gasteiger partial charge on any atom is -0.366 e. The van der Waals surface area contributed by atoms with Crippen LogP contribution in [-0.4, -0.2) is 16.0 Å². The van der Waals surface area contributed by atoms with E-state index in [0.717, 1.165) is 11.7 Å². The van der Waals surface area contributed by atoms with Crippen LogP contribution in [0.2, 0.25) is 0 Å². The molecule has 5 heteroatoms. The van der Waals surface area contributed by atoms with Crippen LogP contribution in [0.3, 0.4) is 0 Å². The van der Waals surface area contributed by atoms with Crippen LogP contribution in [0.4, 0.5) is 5.82 Å². The molecule has 82 valence electrons. The van der Waals surface area contributed by atoms with E-state index >= 15 is 0 Å². The second-order valence-corrected chi connectivity index (χ2v) is 5.23. The number of hydrogen-bond donors (Lipinski definition) is 2. The number of rotatable bonds is 2. The molecule has 0 bridgehead atoms. The monoisotopic (exact) mass is 319 g/mol. The quantitative estimate of drug-likeness (QED) is 0.820. The Morgan fingerprint density at radius 2 is 2.40 bits per heavy atom. The molecule has 1 aliphatic rings. The highest BCUT2D eigenvalue weighted by molar-refractivity contribution is 14.1. The van der Waals surface area contributed by atoms with Crippen molar-refractivity contribution in [2.75, 3.05) is 5.32 Å². The molecule has 1 aliphatic carbocycles. The van der Waals surface area contributed by atoms with Crippen molar-refractivity contribution in [3.05, 3.63) is 20.3 Å². The first-order valence-corrected chi connectivity index (χ1v) is 6.24. The highest BCUT2D eigenvalue weighted by Gasteiger charge is 2.22. The molecule has 15 heavy (non-hydrogen) atoms. The first-order chi connectivity index (χ1) is 7.16. The van der Waals surface area contributed by atoms with Crippen LogP contribution in [0.15, 0.2) is 11.1 Å². The Kier molecular flexibility index (Phi) is 3.28. The largest absolute Gasteiger partial charge is 0.366 e. The lowest BCUT2D eigenvalue weighted by molar-refractivity contribution is 0.602. The molecule has 0 aliphatic heterocycles. The van der Waals surface area contributed by atoms with Gasteiger partial charge in [-0.25, -0.2) is 4.98 Å². The molecule has 0 aromatic carbocycles. The lowest BCUT2D eigenvalue weighted by Crippen LogP contribution is -2.21. The van der Waals surface area contributed by atoms with Gasteiger partial charge in [0.1, 0.15) is 9.39 Å². The topological polar surface area (TPSA) is 57.8 Å². The molecule has 2 unspecified atom stereocenters. The fourth-order valence-corrected chi connectivity index (χ4v) is 2.47. The maximum atomic E-state index is 11.3. The number of aromatic nitrogens is 2. The zero-order valence-electron chi connectivity index (χ0n) is 8.59. The molecule has 1 saturated carbocycles. The number of H-pyrrole nitrogens is 1. The van der Waals surface area contributed by atoms with E-state index in [0.29, 0.717) is 9.61 Å². The van der Waals surface area contributed by atoms with Gasteiger partial charge in [0, 0.05) is 6.04 Å². The third-order valence-electron chi connectivity index (χ3n) is 2.83. The summed E-state index contributed by atoms with van der Waals surface area (Å²) >= 11 is 2.03. The molecule has 0 amide bonds. The Morgan fingerprint density at radius 3 is 3.07 bits per heavy atom. The minimum absolute atomic E-state index is 0.0702. The van der Waals surface area contributed by atoms with Crippen LogP contribution in [-0.2, 0) is 0 Å². The number of aromatic amines is 1. The van der Waals surface area contributed by atoms with Gasteiger partial charge in [0.2, 0.25) is 0 Å². The standard InChI is InChI=1S/C10H14IN3O/c1-6-2-3-7(4-6)14-9-8(11)10(15)13-5-12-9/h5-7H,2-4H2,1H3,(H2,12,13,14,15). The number of anilines is 1. The SMILES string of the molecule is CC1CCC(Nc2nc[nH]c(=O)c2I)C1. The van der Waals surface area contributed by atoms with E-state index in [9.17, 15) is 4.79 Å². The highest BCUT2D eigenvalue weighted by Crippen LogP contribution is 2.27. The van der Waals surface area contributed by atoms with Gasteiger partial charge in [-0.2, -0.15) is 0 Å². The van der Waals surface area contributed by atoms with Gasteiger partial charge in [0.05, 0.1) is 6.33 Å². The van der Waals surface area contributed by atoms with Crippen molar-refractivity contribution in [2.24, 2.45) is 5.92 Å². The third kappa shape index (κ3) is 2.50. The van der Waals surface area contributed by atoms with Crippen LogP contribution >= 0.6 is 22.6 Å². The summed E-state index contributed by atoms with van der Waals surface area (Å²) in [4.78, 5) is 18.0. The fraction of sp³-hybridized carbons (Fsp3) is 0.600. The van der Waals surface area contributed by atoms with E-state index in [1.807, 2.05) is 22.6 Å². The number of nitrogens with one attached hydrogen (secondary N) is 2. The molecule has 0 saturated heterocycles. The summed E-state index contributed by atoms with van der Waals surface area (Å²) < 4.78 is 0.648. The smallest absolute Gasteiger partial charge is 0.266 e. The summed E-state index contributed by atoms with van der Waals surface area (Å²) in [5.41, 5.74) is -0.0702. The molecule has 2 rings (SSSR count). The van der Waals surface area contributed by atoms with Crippen molar-refractivity contribution in [3.8, 4) is 0 Å². The number of halogens is 1. The Balaban J connectivity index is 2.11. The number of hydrogen-bond acceptors (Lipinski definition) is 3. The van der Waals surface area contributed by atoms with Gasteiger partial charge in [-0.05, 0) is 47.8 Å². The van der Waals surface area contributed by atoms with Gasteiger partial charge >= 0.3 is 0 Å². The second kappa shape index (κ2) is 4.51. The van der Waals surface area contributed by atoms with Gasteiger partial charge in [-0.1, -0.05) is 6.92 Å². The highest BCUT2D eigenvalue weighted by atomic mass is 127. The third-order valence-corrected chi connectivity index (χ3v) is 3.83. The van der Waals surface area contributed by atoms with E-state index in [4.69, 9.17) is 0 Å². The van der Waals surface area contributed by atoms with Gasteiger partial charge in [-0.3, -0.25) is 4.79 Å². The van der Waals surface area contributed by atoms with Crippen LogP contribution in [0, 0.1) is 9.49 Å². The number of nitrogens with zero attached hydrogens (tertiary/aromatic N) is 1. The van der Waals surface area contributed by atoms with E-state index in [2.05, 4.69) is 22.2 Å². The van der Waals surface area contributed by atoms with E-state index in [1.54, 1.807) is 0 Å². The Bertz CT molecular complexity index is 404. The summed E-state index contributed by atoms with van der Waals surface area (Å²) in [6, 6.07) is 0.475. The maximum absolute atomic E-state index is 11.3. The molecule has 0 radical (unpaired) electrons. The van der Waals surface area contributed by atoms with Crippen molar-refractivity contribution < 1.29 is 0 Å². The lowest BCUT2D eigenvalue weighted by atomic mass is 10.1. The van der Waals surface area contributed by atoms with Crippen molar-refractivity contribution in [3.63, 3.8) is 0 Å². The zero-order chi connectivity index (χ0) is 10.8. The average molecular weight is 319 g/mol. The molecule has 1 heterocycles. The molecular weight excluding hydrogens is 305 g/mol. The first kappa shape index (κ1) is 10.9. The summed E-state index contributed by atoms with van der Waals surface area (Å²) in [7, 11) is 0. The molecular formula is C10H14IN3O. The van der Waals surface area contributed by atoms with Crippen LogP contribution in [0.5, 0.6) is 0 Å². The van der Waals surface area contributed by atoms with Crippen molar-refractivity contribution in [1.82, 2.24) is 9.97 Å². The first-order valence-electron chi connectivity index (χ1n) is 5.16. The molecule has 0 spiro atoms. The van der Waals surface area contributed by atoms with Gasteiger partial charge in [0.15, 0.2) is 0 Å². The van der Waals surface area contributed by atoms with Crippen molar-refractivity contribution >= 4 is 28.4 Å². The molecule has 4 nitrogen and oxygen atoms in total. The fourth-order valence-electron chi connectivity index (χ4n) is 2.02. The minimum atomic E-state index is -0.0702. The van der Waals surface area contributed by atoms with Gasteiger partial charge in [0.25, 0.3) is 5.56 Å². The Morgan fingerprint density at radius 1 is 1.60 bits per heavy atom. The predicted molar refractivity (Wildman–Crippen MR) is 68.0 cm³/mol. The van der Waals surface area contributed by atoms with E-state index in [1.165, 1.54) is 25.6 Å². The molecule has 1 fully saturated rings. The van der Waals surface area contributed by atoms with E-state index < -0.39 is 0 Å². The van der Waals surface area contributed by atoms with Crippen LogP contribution < -0.4 is 10.9 Å². The maximum Gasteiger partial charge on any atom is 0.266 e. The van der Waals surface area contributed by atoms with E-state index in [-0.39, 0.29) is 5.56 Å². The second-order valence-electron chi connectivity index (χ2n) is 4.15. The summed E-state index contributed by atoms with van der Waals surface area (Å²) in [5, 5.41) is 3.34. The normalized spacial score (nSPS) is 25.5. The molecule has 2 N–H and O–H groups in total. The molecule has 1 aromatic rings. The predicted octanol–water partition coefficient (Wildman–Crippen LogP) is 1.97. The Labute approximate surface area is 102 Å². The van der Waals surface area contributed by atoms with Crippen molar-refractivity contribution in [1.29, 1.82) is 0 Å². The van der Waals surface area contributed by atoms with Crippen LogP contribution in [0.1, 0.15) is 26.2 Å². The lowest BCUT2D eigenvalue weighted by Gasteiger charge is -2.13. The Hall–Kier alpha value is -0.590. The average Bonchev–Trinajstić information content (AvgIpc) is 2.59. The zero-order valence-corrected chi connectivity index (χ0v) is 10.7. The van der Waals surface area contributed by atoms with Crippen LogP contribution in [0.25, 0.3) is 0 Å².